The third kappa shape index (κ3) is 4.53. The first-order chi connectivity index (χ1) is 8.24. The molecule has 1 N–H and O–H groups in total. The maximum atomic E-state index is 10.8. The summed E-state index contributed by atoms with van der Waals surface area (Å²) in [6.45, 7) is 1.89. The van der Waals surface area contributed by atoms with Gasteiger partial charge in [0.1, 0.15) is 0 Å². The van der Waals surface area contributed by atoms with Crippen molar-refractivity contribution in [1.29, 1.82) is 0 Å². The second-order valence-electron chi connectivity index (χ2n) is 4.68. The number of carbonyl (C=O) groups is 1. The molecule has 0 radical (unpaired) electrons. The van der Waals surface area contributed by atoms with E-state index in [-0.39, 0.29) is 6.54 Å². The van der Waals surface area contributed by atoms with Gasteiger partial charge in [0.2, 0.25) is 0 Å². The molecule has 1 aromatic heterocycles. The van der Waals surface area contributed by atoms with Crippen LogP contribution in [0.3, 0.4) is 0 Å². The zero-order valence-corrected chi connectivity index (χ0v) is 9.88. The highest BCUT2D eigenvalue weighted by molar-refractivity contribution is 5.69. The largest absolute Gasteiger partial charge is 0.480 e. The molecule has 1 heterocycles. The van der Waals surface area contributed by atoms with Gasteiger partial charge < -0.3 is 5.11 Å². The quantitative estimate of drug-likeness (QED) is 0.775. The summed E-state index contributed by atoms with van der Waals surface area (Å²) < 4.78 is 0. The Morgan fingerprint density at radius 1 is 1.41 bits per heavy atom. The number of hydrogen-bond acceptors (Lipinski definition) is 3. The number of aliphatic carboxylic acids is 1. The maximum Gasteiger partial charge on any atom is 0.317 e. The highest BCUT2D eigenvalue weighted by Gasteiger charge is 2.24. The Labute approximate surface area is 101 Å². The minimum Gasteiger partial charge on any atom is -0.480 e. The summed E-state index contributed by atoms with van der Waals surface area (Å²) in [7, 11) is 0. The van der Waals surface area contributed by atoms with E-state index < -0.39 is 5.97 Å². The molecule has 4 heteroatoms. The predicted molar refractivity (Wildman–Crippen MR) is 64.7 cm³/mol. The van der Waals surface area contributed by atoms with Crippen LogP contribution in [0.2, 0.25) is 0 Å². The standard InChI is InChI=1S/C13H18N2O2/c16-13(17)10-15(9-12-1-2-12)8-5-11-3-6-14-7-4-11/h3-4,6-7,12H,1-2,5,8-10H2,(H,16,17). The maximum absolute atomic E-state index is 10.8. The van der Waals surface area contributed by atoms with Crippen LogP contribution < -0.4 is 0 Å². The van der Waals surface area contributed by atoms with Gasteiger partial charge in [0, 0.05) is 25.5 Å². The van der Waals surface area contributed by atoms with Crippen LogP contribution in [-0.4, -0.2) is 40.6 Å². The third-order valence-corrected chi connectivity index (χ3v) is 3.04. The summed E-state index contributed by atoms with van der Waals surface area (Å²) in [5, 5.41) is 8.86. The molecule has 2 rings (SSSR count). The minimum atomic E-state index is -0.736. The Morgan fingerprint density at radius 3 is 2.71 bits per heavy atom. The highest BCUT2D eigenvalue weighted by atomic mass is 16.4. The summed E-state index contributed by atoms with van der Waals surface area (Å²) in [4.78, 5) is 16.8. The van der Waals surface area contributed by atoms with Gasteiger partial charge in [-0.1, -0.05) is 0 Å². The minimum absolute atomic E-state index is 0.154. The fraction of sp³-hybridized carbons (Fsp3) is 0.538. The van der Waals surface area contributed by atoms with E-state index in [9.17, 15) is 4.79 Å². The van der Waals surface area contributed by atoms with Crippen LogP contribution >= 0.6 is 0 Å². The lowest BCUT2D eigenvalue weighted by Crippen LogP contribution is -2.33. The van der Waals surface area contributed by atoms with Gasteiger partial charge in [-0.3, -0.25) is 14.7 Å². The average Bonchev–Trinajstić information content (AvgIpc) is 3.10. The van der Waals surface area contributed by atoms with Crippen molar-refractivity contribution in [1.82, 2.24) is 9.88 Å². The van der Waals surface area contributed by atoms with Crippen LogP contribution in [0, 0.1) is 5.92 Å². The van der Waals surface area contributed by atoms with Gasteiger partial charge in [0.15, 0.2) is 0 Å². The molecule has 0 spiro atoms. The summed E-state index contributed by atoms with van der Waals surface area (Å²) in [5.41, 5.74) is 1.21. The molecule has 0 amide bonds. The molecule has 1 fully saturated rings. The molecule has 0 atom stereocenters. The van der Waals surface area contributed by atoms with Crippen LogP contribution in [0.25, 0.3) is 0 Å². The highest BCUT2D eigenvalue weighted by Crippen LogP contribution is 2.29. The molecular formula is C13H18N2O2. The summed E-state index contributed by atoms with van der Waals surface area (Å²) in [6.07, 6.45) is 6.95. The number of pyridine rings is 1. The zero-order valence-electron chi connectivity index (χ0n) is 9.88. The van der Waals surface area contributed by atoms with Crippen molar-refractivity contribution >= 4 is 5.97 Å². The molecule has 0 aliphatic heterocycles. The number of carboxylic acid groups (broad SMARTS) is 1. The zero-order chi connectivity index (χ0) is 12.1. The Hall–Kier alpha value is -1.42. The van der Waals surface area contributed by atoms with Gasteiger partial charge in [0.25, 0.3) is 0 Å². The van der Waals surface area contributed by atoms with Crippen LogP contribution in [0.5, 0.6) is 0 Å². The lowest BCUT2D eigenvalue weighted by atomic mass is 10.2. The Kier molecular flexibility index (Phi) is 4.09. The molecular weight excluding hydrogens is 216 g/mol. The summed E-state index contributed by atoms with van der Waals surface area (Å²) >= 11 is 0. The molecule has 1 saturated carbocycles. The van der Waals surface area contributed by atoms with E-state index in [0.29, 0.717) is 0 Å². The molecule has 17 heavy (non-hydrogen) atoms. The fourth-order valence-corrected chi connectivity index (χ4v) is 1.93. The smallest absolute Gasteiger partial charge is 0.317 e. The predicted octanol–water partition coefficient (Wildman–Crippen LogP) is 1.42. The van der Waals surface area contributed by atoms with E-state index in [2.05, 4.69) is 4.98 Å². The normalized spacial score (nSPS) is 15.1. The molecule has 1 aliphatic carbocycles. The second kappa shape index (κ2) is 5.77. The third-order valence-electron chi connectivity index (χ3n) is 3.04. The van der Waals surface area contributed by atoms with Crippen LogP contribution in [0.1, 0.15) is 18.4 Å². The average molecular weight is 234 g/mol. The van der Waals surface area contributed by atoms with Gasteiger partial charge in [-0.15, -0.1) is 0 Å². The van der Waals surface area contributed by atoms with E-state index >= 15 is 0 Å². The number of hydrogen-bond donors (Lipinski definition) is 1. The Bertz CT molecular complexity index is 363. The van der Waals surface area contributed by atoms with Crippen LogP contribution in [-0.2, 0) is 11.2 Å². The van der Waals surface area contributed by atoms with E-state index in [1.165, 1.54) is 18.4 Å². The molecule has 92 valence electrons. The number of carboxylic acids is 1. The van der Waals surface area contributed by atoms with Crippen molar-refractivity contribution in [3.8, 4) is 0 Å². The molecule has 0 unspecified atom stereocenters. The van der Waals surface area contributed by atoms with E-state index in [1.807, 2.05) is 17.0 Å². The van der Waals surface area contributed by atoms with Crippen molar-refractivity contribution < 1.29 is 9.90 Å². The van der Waals surface area contributed by atoms with E-state index in [1.54, 1.807) is 12.4 Å². The molecule has 0 saturated heterocycles. The van der Waals surface area contributed by atoms with Gasteiger partial charge in [0.05, 0.1) is 6.54 Å². The van der Waals surface area contributed by atoms with Crippen molar-refractivity contribution in [3.63, 3.8) is 0 Å². The van der Waals surface area contributed by atoms with Crippen LogP contribution in [0.15, 0.2) is 24.5 Å². The van der Waals surface area contributed by atoms with Crippen molar-refractivity contribution in [2.75, 3.05) is 19.6 Å². The topological polar surface area (TPSA) is 53.4 Å². The molecule has 1 aromatic rings. The molecule has 1 aliphatic rings. The molecule has 4 nitrogen and oxygen atoms in total. The monoisotopic (exact) mass is 234 g/mol. The number of aromatic nitrogens is 1. The second-order valence-corrected chi connectivity index (χ2v) is 4.68. The van der Waals surface area contributed by atoms with E-state index in [4.69, 9.17) is 5.11 Å². The summed E-state index contributed by atoms with van der Waals surface area (Å²) in [5.74, 6) is -0.00725. The molecule has 0 aromatic carbocycles. The number of rotatable bonds is 7. The van der Waals surface area contributed by atoms with Crippen molar-refractivity contribution in [2.24, 2.45) is 5.92 Å². The molecule has 0 bridgehead atoms. The van der Waals surface area contributed by atoms with Gasteiger partial charge in [-0.05, 0) is 42.9 Å². The van der Waals surface area contributed by atoms with Gasteiger partial charge >= 0.3 is 5.97 Å². The van der Waals surface area contributed by atoms with Gasteiger partial charge in [-0.25, -0.2) is 0 Å². The lowest BCUT2D eigenvalue weighted by molar-refractivity contribution is -0.138. The van der Waals surface area contributed by atoms with Crippen molar-refractivity contribution in [3.05, 3.63) is 30.1 Å². The fourth-order valence-electron chi connectivity index (χ4n) is 1.93. The lowest BCUT2D eigenvalue weighted by Gasteiger charge is -2.19. The van der Waals surface area contributed by atoms with Gasteiger partial charge in [-0.2, -0.15) is 0 Å². The van der Waals surface area contributed by atoms with E-state index in [0.717, 1.165) is 25.4 Å². The van der Waals surface area contributed by atoms with Crippen LogP contribution in [0.4, 0.5) is 0 Å². The first kappa shape index (κ1) is 12.0. The summed E-state index contributed by atoms with van der Waals surface area (Å²) in [6, 6.07) is 3.96. The van der Waals surface area contributed by atoms with Crippen molar-refractivity contribution in [2.45, 2.75) is 19.3 Å². The SMILES string of the molecule is O=C(O)CN(CCc1ccncc1)CC1CC1. The first-order valence-electron chi connectivity index (χ1n) is 6.07. The Balaban J connectivity index is 1.81. The Morgan fingerprint density at radius 2 is 2.12 bits per heavy atom. The number of nitrogens with zero attached hydrogens (tertiary/aromatic N) is 2. The first-order valence-corrected chi connectivity index (χ1v) is 6.07.